The van der Waals surface area contributed by atoms with E-state index in [9.17, 15) is 18.0 Å². The van der Waals surface area contributed by atoms with Crippen molar-refractivity contribution >= 4 is 5.91 Å². The van der Waals surface area contributed by atoms with Crippen molar-refractivity contribution < 1.29 is 22.7 Å². The third-order valence-corrected chi connectivity index (χ3v) is 3.65. The highest BCUT2D eigenvalue weighted by Crippen LogP contribution is 2.27. The van der Waals surface area contributed by atoms with Gasteiger partial charge in [0.25, 0.3) is 5.91 Å². The lowest BCUT2D eigenvalue weighted by Crippen LogP contribution is -2.48. The van der Waals surface area contributed by atoms with Crippen LogP contribution in [0.2, 0.25) is 0 Å². The molecule has 1 aliphatic rings. The molecule has 1 aliphatic heterocycles. The number of rotatable bonds is 5. The van der Waals surface area contributed by atoms with Crippen LogP contribution in [0, 0.1) is 5.92 Å². The first-order valence-corrected chi connectivity index (χ1v) is 7.91. The summed E-state index contributed by atoms with van der Waals surface area (Å²) in [6, 6.07) is 1.92. The second-order valence-corrected chi connectivity index (χ2v) is 6.29. The molecule has 0 spiro atoms. The lowest BCUT2D eigenvalue weighted by Gasteiger charge is -2.33. The summed E-state index contributed by atoms with van der Waals surface area (Å²) >= 11 is 0. The number of amides is 1. The van der Waals surface area contributed by atoms with Crippen molar-refractivity contribution in [1.82, 2.24) is 15.2 Å². The van der Waals surface area contributed by atoms with Crippen molar-refractivity contribution in [2.24, 2.45) is 5.92 Å². The molecule has 8 heteroatoms. The van der Waals surface area contributed by atoms with E-state index in [-0.39, 0.29) is 11.7 Å². The molecule has 0 bridgehead atoms. The van der Waals surface area contributed by atoms with Gasteiger partial charge in [0.2, 0.25) is 0 Å². The van der Waals surface area contributed by atoms with Gasteiger partial charge in [-0.1, -0.05) is 13.8 Å². The van der Waals surface area contributed by atoms with Crippen molar-refractivity contribution in [3.8, 4) is 0 Å². The minimum Gasteiger partial charge on any atom is -0.374 e. The highest BCUT2D eigenvalue weighted by molar-refractivity contribution is 5.93. The zero-order chi connectivity index (χ0) is 17.7. The number of alkyl halides is 3. The summed E-state index contributed by atoms with van der Waals surface area (Å²) in [6.07, 6.45) is -3.70. The maximum Gasteiger partial charge on any atom is 0.433 e. The quantitative estimate of drug-likeness (QED) is 0.889. The van der Waals surface area contributed by atoms with Crippen molar-refractivity contribution in [3.05, 3.63) is 29.6 Å². The number of halogens is 3. The first kappa shape index (κ1) is 18.7. The molecule has 1 fully saturated rings. The standard InChI is InChI=1S/C16H22F3N3O2/c1-11(2)9-22-5-6-24-13(10-22)8-21-15(23)12-3-4-14(20-7-12)16(17,18)19/h3-4,7,11,13H,5-6,8-10H2,1-2H3,(H,21,23). The number of nitrogens with one attached hydrogen (secondary N) is 1. The Hall–Kier alpha value is -1.67. The van der Waals surface area contributed by atoms with Gasteiger partial charge in [-0.25, -0.2) is 0 Å². The summed E-state index contributed by atoms with van der Waals surface area (Å²) in [4.78, 5) is 17.6. The summed E-state index contributed by atoms with van der Waals surface area (Å²) < 4.78 is 43.0. The number of carbonyl (C=O) groups is 1. The predicted molar refractivity (Wildman–Crippen MR) is 82.6 cm³/mol. The van der Waals surface area contributed by atoms with Crippen molar-refractivity contribution in [2.45, 2.75) is 26.1 Å². The highest BCUT2D eigenvalue weighted by atomic mass is 19.4. The Labute approximate surface area is 139 Å². The van der Waals surface area contributed by atoms with E-state index in [1.165, 1.54) is 0 Å². The fourth-order valence-corrected chi connectivity index (χ4v) is 2.59. The molecule has 1 amide bonds. The van der Waals surface area contributed by atoms with E-state index < -0.39 is 17.8 Å². The molecule has 1 N–H and O–H groups in total. The highest BCUT2D eigenvalue weighted by Gasteiger charge is 2.32. The Morgan fingerprint density at radius 1 is 1.46 bits per heavy atom. The molecule has 2 heterocycles. The molecule has 0 saturated carbocycles. The van der Waals surface area contributed by atoms with Crippen molar-refractivity contribution in [3.63, 3.8) is 0 Å². The third kappa shape index (κ3) is 5.45. The van der Waals surface area contributed by atoms with Gasteiger partial charge in [-0.2, -0.15) is 13.2 Å². The zero-order valence-electron chi connectivity index (χ0n) is 13.8. The molecule has 1 atom stereocenters. The predicted octanol–water partition coefficient (Wildman–Crippen LogP) is 2.19. The van der Waals surface area contributed by atoms with Gasteiger partial charge < -0.3 is 10.1 Å². The van der Waals surface area contributed by atoms with E-state index in [4.69, 9.17) is 4.74 Å². The average Bonchev–Trinajstić information content (AvgIpc) is 2.51. The smallest absolute Gasteiger partial charge is 0.374 e. The Morgan fingerprint density at radius 2 is 2.21 bits per heavy atom. The molecule has 0 aromatic carbocycles. The number of hydrogen-bond acceptors (Lipinski definition) is 4. The Bertz CT molecular complexity index is 546. The first-order chi connectivity index (χ1) is 11.3. The van der Waals surface area contributed by atoms with Gasteiger partial charge in [0, 0.05) is 32.4 Å². The third-order valence-electron chi connectivity index (χ3n) is 3.65. The first-order valence-electron chi connectivity index (χ1n) is 7.91. The number of ether oxygens (including phenoxy) is 1. The Balaban J connectivity index is 1.84. The molecule has 5 nitrogen and oxygen atoms in total. The van der Waals surface area contributed by atoms with Crippen molar-refractivity contribution in [1.29, 1.82) is 0 Å². The molecule has 1 aromatic heterocycles. The normalized spacial score (nSPS) is 19.5. The van der Waals surface area contributed by atoms with E-state index >= 15 is 0 Å². The van der Waals surface area contributed by atoms with Gasteiger partial charge in [0.05, 0.1) is 18.3 Å². The molecule has 2 rings (SSSR count). The van der Waals surface area contributed by atoms with Gasteiger partial charge in [0.15, 0.2) is 0 Å². The van der Waals surface area contributed by atoms with Crippen LogP contribution in [0.5, 0.6) is 0 Å². The maximum absolute atomic E-state index is 12.5. The molecule has 24 heavy (non-hydrogen) atoms. The number of morpholine rings is 1. The molecule has 1 saturated heterocycles. The summed E-state index contributed by atoms with van der Waals surface area (Å²) in [5, 5.41) is 2.69. The molecule has 134 valence electrons. The van der Waals surface area contributed by atoms with Crippen LogP contribution in [0.3, 0.4) is 0 Å². The second-order valence-electron chi connectivity index (χ2n) is 6.29. The molecule has 1 aromatic rings. The number of aromatic nitrogens is 1. The van der Waals surface area contributed by atoms with E-state index in [1.807, 2.05) is 0 Å². The summed E-state index contributed by atoms with van der Waals surface area (Å²) in [5.41, 5.74) is -0.920. The van der Waals surface area contributed by atoms with E-state index in [2.05, 4.69) is 29.0 Å². The van der Waals surface area contributed by atoms with E-state index in [1.54, 1.807) is 0 Å². The van der Waals surface area contributed by atoms with E-state index in [0.29, 0.717) is 19.1 Å². The Kier molecular flexibility index (Phi) is 6.17. The number of pyridine rings is 1. The maximum atomic E-state index is 12.5. The van der Waals surface area contributed by atoms with Crippen LogP contribution in [0.4, 0.5) is 13.2 Å². The molecule has 0 aliphatic carbocycles. The van der Waals surface area contributed by atoms with Crippen LogP contribution in [-0.2, 0) is 10.9 Å². The van der Waals surface area contributed by atoms with Crippen LogP contribution in [0.1, 0.15) is 29.9 Å². The van der Waals surface area contributed by atoms with Gasteiger partial charge in [-0.15, -0.1) is 0 Å². The number of carbonyl (C=O) groups excluding carboxylic acids is 1. The minimum absolute atomic E-state index is 0.0952. The van der Waals surface area contributed by atoms with Crippen LogP contribution in [-0.4, -0.2) is 54.7 Å². The largest absolute Gasteiger partial charge is 0.433 e. The monoisotopic (exact) mass is 345 g/mol. The molecule has 0 radical (unpaired) electrons. The number of hydrogen-bond donors (Lipinski definition) is 1. The van der Waals surface area contributed by atoms with Gasteiger partial charge in [-0.3, -0.25) is 14.7 Å². The minimum atomic E-state index is -4.51. The van der Waals surface area contributed by atoms with Gasteiger partial charge in [-0.05, 0) is 18.1 Å². The fraction of sp³-hybridized carbons (Fsp3) is 0.625. The molecular weight excluding hydrogens is 323 g/mol. The molecule has 1 unspecified atom stereocenters. The lowest BCUT2D eigenvalue weighted by atomic mass is 10.1. The summed E-state index contributed by atoms with van der Waals surface area (Å²) in [5.74, 6) is 0.0948. The zero-order valence-corrected chi connectivity index (χ0v) is 13.8. The Morgan fingerprint density at radius 3 is 2.79 bits per heavy atom. The topological polar surface area (TPSA) is 54.5 Å². The van der Waals surface area contributed by atoms with Crippen LogP contribution in [0.25, 0.3) is 0 Å². The van der Waals surface area contributed by atoms with Crippen molar-refractivity contribution in [2.75, 3.05) is 32.8 Å². The van der Waals surface area contributed by atoms with Gasteiger partial charge in [0.1, 0.15) is 5.69 Å². The van der Waals surface area contributed by atoms with Crippen LogP contribution < -0.4 is 5.32 Å². The fourth-order valence-electron chi connectivity index (χ4n) is 2.59. The van der Waals surface area contributed by atoms with E-state index in [0.717, 1.165) is 38.0 Å². The summed E-state index contributed by atoms with van der Waals surface area (Å²) in [6.45, 7) is 7.77. The number of nitrogens with zero attached hydrogens (tertiary/aromatic N) is 2. The second kappa shape index (κ2) is 7.94. The lowest BCUT2D eigenvalue weighted by molar-refractivity contribution is -0.141. The molecular formula is C16H22F3N3O2. The van der Waals surface area contributed by atoms with Crippen LogP contribution >= 0.6 is 0 Å². The van der Waals surface area contributed by atoms with Crippen LogP contribution in [0.15, 0.2) is 18.3 Å². The summed E-state index contributed by atoms with van der Waals surface area (Å²) in [7, 11) is 0. The SMILES string of the molecule is CC(C)CN1CCOC(CNC(=O)c2ccc(C(F)(F)F)nc2)C1. The average molecular weight is 345 g/mol. The van der Waals surface area contributed by atoms with Gasteiger partial charge >= 0.3 is 6.18 Å².